The molecular formula is C15H23Cl. The van der Waals surface area contributed by atoms with Gasteiger partial charge in [0.1, 0.15) is 0 Å². The van der Waals surface area contributed by atoms with Crippen molar-refractivity contribution in [2.45, 2.75) is 51.9 Å². The summed E-state index contributed by atoms with van der Waals surface area (Å²) in [5.74, 6) is 0.765. The minimum atomic E-state index is 0.765. The maximum Gasteiger partial charge on any atom is 0.0226 e. The molecule has 1 rings (SSSR count). The first-order chi connectivity index (χ1) is 7.86. The second-order valence-corrected chi connectivity index (χ2v) is 4.80. The lowest BCUT2D eigenvalue weighted by Crippen LogP contribution is -1.90. The minimum Gasteiger partial charge on any atom is -0.127 e. The molecular weight excluding hydrogens is 216 g/mol. The molecule has 1 aromatic carbocycles. The van der Waals surface area contributed by atoms with Gasteiger partial charge in [0, 0.05) is 5.88 Å². The molecule has 0 aliphatic carbocycles. The van der Waals surface area contributed by atoms with E-state index in [0.717, 1.165) is 18.7 Å². The van der Waals surface area contributed by atoms with Gasteiger partial charge in [-0.15, -0.1) is 11.6 Å². The third-order valence-electron chi connectivity index (χ3n) is 2.91. The summed E-state index contributed by atoms with van der Waals surface area (Å²) in [5.41, 5.74) is 2.93. The number of aryl methyl sites for hydroxylation is 2. The highest BCUT2D eigenvalue weighted by atomic mass is 35.5. The van der Waals surface area contributed by atoms with Crippen LogP contribution < -0.4 is 0 Å². The van der Waals surface area contributed by atoms with Crippen molar-refractivity contribution in [1.29, 1.82) is 0 Å². The van der Waals surface area contributed by atoms with E-state index >= 15 is 0 Å². The quantitative estimate of drug-likeness (QED) is 0.443. The molecule has 90 valence electrons. The predicted molar refractivity (Wildman–Crippen MR) is 73.3 cm³/mol. The van der Waals surface area contributed by atoms with Crippen LogP contribution in [0.25, 0.3) is 0 Å². The van der Waals surface area contributed by atoms with Crippen LogP contribution in [0.5, 0.6) is 0 Å². The first kappa shape index (κ1) is 13.6. The third kappa shape index (κ3) is 5.55. The van der Waals surface area contributed by atoms with Crippen molar-refractivity contribution in [2.75, 3.05) is 5.88 Å². The number of alkyl halides is 1. The van der Waals surface area contributed by atoms with E-state index in [1.807, 2.05) is 0 Å². The number of hydrogen-bond donors (Lipinski definition) is 0. The van der Waals surface area contributed by atoms with Gasteiger partial charge in [-0.2, -0.15) is 0 Å². The fraction of sp³-hybridized carbons (Fsp3) is 0.600. The number of unbranched alkanes of at least 4 members (excludes halogenated alkanes) is 3. The highest BCUT2D eigenvalue weighted by Gasteiger charge is 1.96. The first-order valence-electron chi connectivity index (χ1n) is 6.50. The minimum absolute atomic E-state index is 0.765. The van der Waals surface area contributed by atoms with E-state index < -0.39 is 0 Å². The first-order valence-corrected chi connectivity index (χ1v) is 7.04. The Morgan fingerprint density at radius 3 is 2.25 bits per heavy atom. The Morgan fingerprint density at radius 2 is 1.62 bits per heavy atom. The standard InChI is InChI=1S/C15H23Cl/c1-2-3-4-5-8-14-9-6-10-15(13-14)11-7-12-16/h6,9-10,13H,2-5,7-8,11-12H2,1H3. The molecule has 1 aromatic rings. The number of rotatable bonds is 8. The molecule has 0 aliphatic rings. The van der Waals surface area contributed by atoms with Gasteiger partial charge in [-0.3, -0.25) is 0 Å². The zero-order valence-electron chi connectivity index (χ0n) is 10.3. The van der Waals surface area contributed by atoms with Gasteiger partial charge in [0.25, 0.3) is 0 Å². The fourth-order valence-electron chi connectivity index (χ4n) is 1.97. The molecule has 0 aromatic heterocycles. The second kappa shape index (κ2) is 8.64. The van der Waals surface area contributed by atoms with Crippen LogP contribution >= 0.6 is 11.6 Å². The Labute approximate surface area is 105 Å². The van der Waals surface area contributed by atoms with Crippen molar-refractivity contribution >= 4 is 11.6 Å². The van der Waals surface area contributed by atoms with E-state index in [4.69, 9.17) is 11.6 Å². The van der Waals surface area contributed by atoms with Gasteiger partial charge >= 0.3 is 0 Å². The molecule has 0 radical (unpaired) electrons. The maximum absolute atomic E-state index is 5.71. The van der Waals surface area contributed by atoms with Crippen molar-refractivity contribution in [1.82, 2.24) is 0 Å². The van der Waals surface area contributed by atoms with Crippen molar-refractivity contribution < 1.29 is 0 Å². The average molecular weight is 239 g/mol. The van der Waals surface area contributed by atoms with Crippen LogP contribution in [0.2, 0.25) is 0 Å². The highest BCUT2D eigenvalue weighted by Crippen LogP contribution is 2.12. The van der Waals surface area contributed by atoms with E-state index in [1.54, 1.807) is 0 Å². The van der Waals surface area contributed by atoms with Gasteiger partial charge in [0.2, 0.25) is 0 Å². The maximum atomic E-state index is 5.71. The van der Waals surface area contributed by atoms with Gasteiger partial charge < -0.3 is 0 Å². The Balaban J connectivity index is 2.35. The zero-order valence-corrected chi connectivity index (χ0v) is 11.1. The lowest BCUT2D eigenvalue weighted by molar-refractivity contribution is 0.666. The van der Waals surface area contributed by atoms with E-state index in [9.17, 15) is 0 Å². The Morgan fingerprint density at radius 1 is 0.938 bits per heavy atom. The smallest absolute Gasteiger partial charge is 0.0226 e. The largest absolute Gasteiger partial charge is 0.127 e. The van der Waals surface area contributed by atoms with Crippen molar-refractivity contribution in [3.05, 3.63) is 35.4 Å². The van der Waals surface area contributed by atoms with Gasteiger partial charge in [-0.1, -0.05) is 50.5 Å². The number of hydrogen-bond acceptors (Lipinski definition) is 0. The van der Waals surface area contributed by atoms with E-state index in [1.165, 1.54) is 43.2 Å². The summed E-state index contributed by atoms with van der Waals surface area (Å²) in [5, 5.41) is 0. The van der Waals surface area contributed by atoms with Crippen LogP contribution in [0.1, 0.15) is 50.2 Å². The van der Waals surface area contributed by atoms with Gasteiger partial charge in [0.15, 0.2) is 0 Å². The van der Waals surface area contributed by atoms with E-state index in [0.29, 0.717) is 0 Å². The molecule has 0 unspecified atom stereocenters. The lowest BCUT2D eigenvalue weighted by atomic mass is 10.0. The third-order valence-corrected chi connectivity index (χ3v) is 3.18. The molecule has 0 aliphatic heterocycles. The summed E-state index contributed by atoms with van der Waals surface area (Å²) in [4.78, 5) is 0. The summed E-state index contributed by atoms with van der Waals surface area (Å²) in [7, 11) is 0. The zero-order chi connectivity index (χ0) is 11.6. The van der Waals surface area contributed by atoms with Crippen molar-refractivity contribution in [2.24, 2.45) is 0 Å². The normalized spacial score (nSPS) is 10.6. The van der Waals surface area contributed by atoms with Gasteiger partial charge in [0.05, 0.1) is 0 Å². The van der Waals surface area contributed by atoms with E-state index in [-0.39, 0.29) is 0 Å². The number of halogens is 1. The molecule has 0 saturated heterocycles. The number of benzene rings is 1. The van der Waals surface area contributed by atoms with Crippen molar-refractivity contribution in [3.8, 4) is 0 Å². The molecule has 1 heteroatoms. The Bertz CT molecular complexity index is 281. The molecule has 0 bridgehead atoms. The molecule has 0 nitrogen and oxygen atoms in total. The average Bonchev–Trinajstić information content (AvgIpc) is 2.33. The van der Waals surface area contributed by atoms with Gasteiger partial charge in [-0.05, 0) is 36.8 Å². The van der Waals surface area contributed by atoms with Crippen LogP contribution in [0.4, 0.5) is 0 Å². The molecule has 0 fully saturated rings. The lowest BCUT2D eigenvalue weighted by Gasteiger charge is -2.04. The van der Waals surface area contributed by atoms with Crippen LogP contribution in [-0.2, 0) is 12.8 Å². The van der Waals surface area contributed by atoms with Crippen LogP contribution in [0.15, 0.2) is 24.3 Å². The fourth-order valence-corrected chi connectivity index (χ4v) is 2.10. The summed E-state index contributed by atoms with van der Waals surface area (Å²) < 4.78 is 0. The van der Waals surface area contributed by atoms with Crippen LogP contribution in [0.3, 0.4) is 0 Å². The molecule has 16 heavy (non-hydrogen) atoms. The Hall–Kier alpha value is -0.490. The molecule has 0 saturated carbocycles. The second-order valence-electron chi connectivity index (χ2n) is 4.42. The van der Waals surface area contributed by atoms with Gasteiger partial charge in [-0.25, -0.2) is 0 Å². The topological polar surface area (TPSA) is 0 Å². The summed E-state index contributed by atoms with van der Waals surface area (Å²) >= 11 is 5.71. The predicted octanol–water partition coefficient (Wildman–Crippen LogP) is 4.98. The van der Waals surface area contributed by atoms with E-state index in [2.05, 4.69) is 31.2 Å². The Kier molecular flexibility index (Phi) is 7.33. The molecule has 0 heterocycles. The summed E-state index contributed by atoms with van der Waals surface area (Å²) in [6.07, 6.45) is 8.80. The molecule has 0 amide bonds. The monoisotopic (exact) mass is 238 g/mol. The summed E-state index contributed by atoms with van der Waals surface area (Å²) in [6.45, 7) is 2.26. The van der Waals surface area contributed by atoms with Crippen LogP contribution in [0, 0.1) is 0 Å². The summed E-state index contributed by atoms with van der Waals surface area (Å²) in [6, 6.07) is 8.98. The molecule has 0 atom stereocenters. The molecule has 0 N–H and O–H groups in total. The molecule has 0 spiro atoms. The SMILES string of the molecule is CCCCCCc1cccc(CCCCl)c1. The highest BCUT2D eigenvalue weighted by molar-refractivity contribution is 6.17. The van der Waals surface area contributed by atoms with Crippen molar-refractivity contribution in [3.63, 3.8) is 0 Å². The van der Waals surface area contributed by atoms with Crippen LogP contribution in [-0.4, -0.2) is 5.88 Å².